The second-order valence-electron chi connectivity index (χ2n) is 2.67. The molecule has 82 valence electrons. The minimum atomic E-state index is -0.322. The van der Waals surface area contributed by atoms with E-state index < -0.39 is 0 Å². The maximum absolute atomic E-state index is 11.2. The molecule has 0 aromatic rings. The fourth-order valence-corrected chi connectivity index (χ4v) is 0.779. The minimum absolute atomic E-state index is 0.0938. The molecule has 0 bridgehead atoms. The number of hydrogen-bond donors (Lipinski definition) is 1. The summed E-state index contributed by atoms with van der Waals surface area (Å²) in [5.74, 6) is -0.229. The van der Waals surface area contributed by atoms with Crippen molar-refractivity contribution >= 4 is 12.6 Å². The van der Waals surface area contributed by atoms with Gasteiger partial charge in [0.25, 0.3) is 5.91 Å². The number of nitrogens with one attached hydrogen (secondary N) is 1. The lowest BCUT2D eigenvalue weighted by Crippen LogP contribution is -2.26. The normalized spacial score (nSPS) is 11.2. The van der Waals surface area contributed by atoms with Crippen LogP contribution in [0.5, 0.6) is 0 Å². The maximum Gasteiger partial charge on any atom is 0.285 e. The first kappa shape index (κ1) is 13.2. The number of allylic oxidation sites excluding steroid dienone is 1. The van der Waals surface area contributed by atoms with Gasteiger partial charge >= 0.3 is 0 Å². The van der Waals surface area contributed by atoms with Crippen LogP contribution in [0.4, 0.5) is 0 Å². The van der Waals surface area contributed by atoms with E-state index in [1.807, 2.05) is 13.0 Å². The molecule has 0 spiro atoms. The summed E-state index contributed by atoms with van der Waals surface area (Å²) in [6.07, 6.45) is 5.20. The summed E-state index contributed by atoms with van der Waals surface area (Å²) >= 11 is 0. The van der Waals surface area contributed by atoms with Gasteiger partial charge in [-0.15, -0.1) is 0 Å². The van der Waals surface area contributed by atoms with Crippen molar-refractivity contribution in [1.29, 1.82) is 0 Å². The third kappa shape index (κ3) is 5.46. The van der Waals surface area contributed by atoms with Crippen LogP contribution in [0.1, 0.15) is 6.92 Å². The summed E-state index contributed by atoms with van der Waals surface area (Å²) in [6.45, 7) is 9.04. The highest BCUT2D eigenvalue weighted by Crippen LogP contribution is 1.96. The molecule has 0 aliphatic rings. The molecule has 0 rings (SSSR count). The predicted molar refractivity (Wildman–Crippen MR) is 61.6 cm³/mol. The van der Waals surface area contributed by atoms with Crippen molar-refractivity contribution in [3.05, 3.63) is 36.3 Å². The SMILES string of the molecule is C=N/C=C\C(=C/C)CNC(=O)C(=C)OC. The Morgan fingerprint density at radius 2 is 2.27 bits per heavy atom. The summed E-state index contributed by atoms with van der Waals surface area (Å²) in [7, 11) is 1.40. The predicted octanol–water partition coefficient (Wildman–Crippen LogP) is 1.42. The second-order valence-corrected chi connectivity index (χ2v) is 2.67. The Bertz CT molecular complexity index is 304. The third-order valence-electron chi connectivity index (χ3n) is 1.72. The molecule has 15 heavy (non-hydrogen) atoms. The molecule has 0 aliphatic heterocycles. The highest BCUT2D eigenvalue weighted by atomic mass is 16.5. The van der Waals surface area contributed by atoms with Crippen molar-refractivity contribution in [1.82, 2.24) is 5.32 Å². The van der Waals surface area contributed by atoms with Crippen molar-refractivity contribution in [2.45, 2.75) is 6.92 Å². The lowest BCUT2D eigenvalue weighted by molar-refractivity contribution is -0.120. The lowest BCUT2D eigenvalue weighted by atomic mass is 10.2. The number of carbonyl (C=O) groups is 1. The average molecular weight is 208 g/mol. The fraction of sp³-hybridized carbons (Fsp3) is 0.273. The minimum Gasteiger partial charge on any atom is -0.492 e. The Balaban J connectivity index is 4.13. The van der Waals surface area contributed by atoms with E-state index in [0.717, 1.165) is 5.57 Å². The topological polar surface area (TPSA) is 50.7 Å². The number of amides is 1. The first-order chi connectivity index (χ1) is 7.15. The number of ether oxygens (including phenoxy) is 1. The Hall–Kier alpha value is -1.84. The highest BCUT2D eigenvalue weighted by molar-refractivity contribution is 5.90. The molecule has 1 amide bonds. The van der Waals surface area contributed by atoms with Gasteiger partial charge in [0.15, 0.2) is 5.76 Å². The van der Waals surface area contributed by atoms with Crippen molar-refractivity contribution in [2.75, 3.05) is 13.7 Å². The molecule has 0 fully saturated rings. The molecule has 0 aromatic heterocycles. The van der Waals surface area contributed by atoms with Gasteiger partial charge in [-0.2, -0.15) is 0 Å². The first-order valence-electron chi connectivity index (χ1n) is 4.44. The molecule has 4 heteroatoms. The van der Waals surface area contributed by atoms with Crippen LogP contribution in [0.15, 0.2) is 41.3 Å². The first-order valence-corrected chi connectivity index (χ1v) is 4.44. The molecule has 0 radical (unpaired) electrons. The molecule has 0 saturated carbocycles. The van der Waals surface area contributed by atoms with E-state index in [1.54, 1.807) is 12.3 Å². The van der Waals surface area contributed by atoms with Crippen LogP contribution in [0.3, 0.4) is 0 Å². The molecule has 0 heterocycles. The molecule has 1 N–H and O–H groups in total. The van der Waals surface area contributed by atoms with Crippen LogP contribution in [-0.4, -0.2) is 26.3 Å². The van der Waals surface area contributed by atoms with Crippen molar-refractivity contribution < 1.29 is 9.53 Å². The Morgan fingerprint density at radius 1 is 1.60 bits per heavy atom. The van der Waals surface area contributed by atoms with Crippen LogP contribution in [-0.2, 0) is 9.53 Å². The van der Waals surface area contributed by atoms with Crippen LogP contribution in [0.25, 0.3) is 0 Å². The second kappa shape index (κ2) is 7.55. The van der Waals surface area contributed by atoms with Gasteiger partial charge in [0.2, 0.25) is 0 Å². The zero-order chi connectivity index (χ0) is 11.7. The summed E-state index contributed by atoms with van der Waals surface area (Å²) in [4.78, 5) is 14.8. The van der Waals surface area contributed by atoms with Gasteiger partial charge in [0.1, 0.15) is 0 Å². The molecule has 4 nitrogen and oxygen atoms in total. The van der Waals surface area contributed by atoms with E-state index in [4.69, 9.17) is 0 Å². The van der Waals surface area contributed by atoms with Gasteiger partial charge in [0, 0.05) is 12.7 Å². The van der Waals surface area contributed by atoms with Crippen LogP contribution < -0.4 is 5.32 Å². The Labute approximate surface area is 90.0 Å². The summed E-state index contributed by atoms with van der Waals surface area (Å²) < 4.78 is 4.69. The van der Waals surface area contributed by atoms with Gasteiger partial charge < -0.3 is 10.1 Å². The number of hydrogen-bond acceptors (Lipinski definition) is 3. The number of methoxy groups -OCH3 is 1. The smallest absolute Gasteiger partial charge is 0.285 e. The van der Waals surface area contributed by atoms with Gasteiger partial charge in [-0.25, -0.2) is 0 Å². The maximum atomic E-state index is 11.2. The highest BCUT2D eigenvalue weighted by Gasteiger charge is 2.05. The van der Waals surface area contributed by atoms with E-state index in [2.05, 4.69) is 28.3 Å². The van der Waals surface area contributed by atoms with Gasteiger partial charge in [-0.1, -0.05) is 12.7 Å². The standard InChI is InChI=1S/C11H16N2O2/c1-5-10(6-7-12-3)8-13-11(14)9(2)15-4/h5-7H,2-3,8H2,1,4H3,(H,13,14)/b7-6-,10-5+. The van der Waals surface area contributed by atoms with E-state index in [-0.39, 0.29) is 11.7 Å². The molecular weight excluding hydrogens is 192 g/mol. The molecule has 0 aliphatic carbocycles. The fourth-order valence-electron chi connectivity index (χ4n) is 0.779. The monoisotopic (exact) mass is 208 g/mol. The van der Waals surface area contributed by atoms with Gasteiger partial charge in [-0.05, 0) is 25.3 Å². The summed E-state index contributed by atoms with van der Waals surface area (Å²) in [5.41, 5.74) is 0.930. The van der Waals surface area contributed by atoms with Crippen molar-refractivity contribution in [3.63, 3.8) is 0 Å². The molecule has 0 saturated heterocycles. The van der Waals surface area contributed by atoms with Gasteiger partial charge in [-0.3, -0.25) is 9.79 Å². The molecule has 0 aromatic carbocycles. The molecule has 0 atom stereocenters. The van der Waals surface area contributed by atoms with Crippen LogP contribution in [0.2, 0.25) is 0 Å². The van der Waals surface area contributed by atoms with Crippen molar-refractivity contribution in [3.8, 4) is 0 Å². The Kier molecular flexibility index (Phi) is 6.63. The third-order valence-corrected chi connectivity index (χ3v) is 1.72. The van der Waals surface area contributed by atoms with E-state index >= 15 is 0 Å². The largest absolute Gasteiger partial charge is 0.492 e. The summed E-state index contributed by atoms with van der Waals surface area (Å²) in [6, 6.07) is 0. The zero-order valence-electron chi connectivity index (χ0n) is 9.12. The molecular formula is C11H16N2O2. The van der Waals surface area contributed by atoms with E-state index in [0.29, 0.717) is 6.54 Å². The Morgan fingerprint density at radius 3 is 2.73 bits per heavy atom. The number of carbonyl (C=O) groups excluding carboxylic acids is 1. The summed E-state index contributed by atoms with van der Waals surface area (Å²) in [5, 5.41) is 2.65. The number of aliphatic imine (C=N–C) groups is 1. The van der Waals surface area contributed by atoms with Crippen LogP contribution in [0, 0.1) is 0 Å². The quantitative estimate of drug-likeness (QED) is 0.310. The van der Waals surface area contributed by atoms with E-state index in [9.17, 15) is 4.79 Å². The van der Waals surface area contributed by atoms with Gasteiger partial charge in [0.05, 0.1) is 7.11 Å². The van der Waals surface area contributed by atoms with E-state index in [1.165, 1.54) is 7.11 Å². The zero-order valence-corrected chi connectivity index (χ0v) is 9.12. The van der Waals surface area contributed by atoms with Crippen molar-refractivity contribution in [2.24, 2.45) is 4.99 Å². The van der Waals surface area contributed by atoms with Crippen LogP contribution >= 0.6 is 0 Å². The number of rotatable bonds is 6. The number of nitrogens with zero attached hydrogens (tertiary/aromatic N) is 1. The molecule has 0 unspecified atom stereocenters. The average Bonchev–Trinajstić information content (AvgIpc) is 2.27. The lowest BCUT2D eigenvalue weighted by Gasteiger charge is -2.06.